The number of carbonyl (C=O) groups is 1. The number of hydrogen-bond acceptors (Lipinski definition) is 3. The van der Waals surface area contributed by atoms with E-state index in [0.717, 1.165) is 37.2 Å². The third-order valence-corrected chi connectivity index (χ3v) is 4.18. The summed E-state index contributed by atoms with van der Waals surface area (Å²) < 4.78 is 7.52. The lowest BCUT2D eigenvalue weighted by Gasteiger charge is -2.32. The minimum Gasteiger partial charge on any atom is -0.377 e. The average molecular weight is 328 g/mol. The van der Waals surface area contributed by atoms with Crippen molar-refractivity contribution in [3.63, 3.8) is 0 Å². The van der Waals surface area contributed by atoms with Crippen LogP contribution in [0, 0.1) is 0 Å². The Hall–Kier alpha value is -2.34. The normalized spacial score (nSPS) is 17.7. The number of benzene rings is 1. The van der Waals surface area contributed by atoms with Crippen LogP contribution in [0.15, 0.2) is 42.7 Å². The number of nitrogens with zero attached hydrogens (tertiary/aromatic N) is 3. The molecular weight excluding hydrogens is 304 g/mol. The number of ether oxygens (including phenoxy) is 1. The summed E-state index contributed by atoms with van der Waals surface area (Å²) in [5.74, 6) is 0. The fourth-order valence-electron chi connectivity index (χ4n) is 2.97. The van der Waals surface area contributed by atoms with Crippen molar-refractivity contribution in [3.05, 3.63) is 48.3 Å². The van der Waals surface area contributed by atoms with Crippen molar-refractivity contribution in [2.75, 3.05) is 25.0 Å². The summed E-state index contributed by atoms with van der Waals surface area (Å²) in [7, 11) is 0. The molecule has 1 aromatic heterocycles. The number of aromatic nitrogens is 2. The van der Waals surface area contributed by atoms with Crippen LogP contribution in [0.25, 0.3) is 0 Å². The van der Waals surface area contributed by atoms with Gasteiger partial charge in [0.25, 0.3) is 0 Å². The van der Waals surface area contributed by atoms with E-state index in [1.807, 2.05) is 53.0 Å². The van der Waals surface area contributed by atoms with Gasteiger partial charge in [0.2, 0.25) is 0 Å². The molecule has 0 radical (unpaired) electrons. The highest BCUT2D eigenvalue weighted by Gasteiger charge is 2.23. The molecule has 0 spiro atoms. The predicted octanol–water partition coefficient (Wildman–Crippen LogP) is 2.96. The van der Waals surface area contributed by atoms with Crippen LogP contribution in [0.3, 0.4) is 0 Å². The molecular formula is C18H24N4O2. The molecule has 1 atom stereocenters. The highest BCUT2D eigenvalue weighted by Crippen LogP contribution is 2.16. The highest BCUT2D eigenvalue weighted by atomic mass is 16.5. The lowest BCUT2D eigenvalue weighted by atomic mass is 10.1. The van der Waals surface area contributed by atoms with Crippen molar-refractivity contribution in [3.8, 4) is 0 Å². The zero-order chi connectivity index (χ0) is 16.8. The van der Waals surface area contributed by atoms with Crippen LogP contribution < -0.4 is 5.32 Å². The minimum absolute atomic E-state index is 0.0563. The van der Waals surface area contributed by atoms with Crippen molar-refractivity contribution < 1.29 is 9.53 Å². The van der Waals surface area contributed by atoms with E-state index in [-0.39, 0.29) is 12.1 Å². The minimum atomic E-state index is -0.0563. The van der Waals surface area contributed by atoms with Crippen LogP contribution in [0.2, 0.25) is 0 Å². The Morgan fingerprint density at radius 2 is 2.21 bits per heavy atom. The number of anilines is 1. The molecule has 0 aliphatic carbocycles. The Balaban J connectivity index is 1.54. The average Bonchev–Trinajstić information content (AvgIpc) is 3.10. The largest absolute Gasteiger partial charge is 0.377 e. The van der Waals surface area contributed by atoms with E-state index >= 15 is 0 Å². The van der Waals surface area contributed by atoms with Gasteiger partial charge >= 0.3 is 6.03 Å². The van der Waals surface area contributed by atoms with Gasteiger partial charge in [-0.1, -0.05) is 12.1 Å². The van der Waals surface area contributed by atoms with Gasteiger partial charge in [-0.25, -0.2) is 4.79 Å². The summed E-state index contributed by atoms with van der Waals surface area (Å²) in [6.07, 6.45) is 5.87. The monoisotopic (exact) mass is 328 g/mol. The number of carbonyl (C=O) groups excluding carboxylic acids is 1. The molecule has 1 aromatic carbocycles. The van der Waals surface area contributed by atoms with Crippen molar-refractivity contribution in [2.24, 2.45) is 0 Å². The molecule has 1 aliphatic heterocycles. The molecule has 1 N–H and O–H groups in total. The quantitative estimate of drug-likeness (QED) is 0.918. The van der Waals surface area contributed by atoms with Crippen LogP contribution in [0.1, 0.15) is 25.3 Å². The Bertz CT molecular complexity index is 638. The first-order chi connectivity index (χ1) is 11.7. The first-order valence-electron chi connectivity index (χ1n) is 8.48. The van der Waals surface area contributed by atoms with Crippen molar-refractivity contribution in [2.45, 2.75) is 32.4 Å². The second-order valence-electron chi connectivity index (χ2n) is 6.00. The van der Waals surface area contributed by atoms with Gasteiger partial charge in [-0.2, -0.15) is 5.10 Å². The van der Waals surface area contributed by atoms with Crippen LogP contribution in [0.4, 0.5) is 10.5 Å². The Kier molecular flexibility index (Phi) is 5.48. The summed E-state index contributed by atoms with van der Waals surface area (Å²) in [6.45, 7) is 4.86. The first kappa shape index (κ1) is 16.5. The number of likely N-dealkylation sites (tertiary alicyclic amines) is 1. The molecule has 1 saturated heterocycles. The van der Waals surface area contributed by atoms with E-state index in [0.29, 0.717) is 13.2 Å². The van der Waals surface area contributed by atoms with Crippen LogP contribution in [-0.4, -0.2) is 46.5 Å². The predicted molar refractivity (Wildman–Crippen MR) is 93.0 cm³/mol. The third kappa shape index (κ3) is 4.35. The number of rotatable bonds is 5. The zero-order valence-corrected chi connectivity index (χ0v) is 14.0. The number of amides is 2. The first-order valence-corrected chi connectivity index (χ1v) is 8.48. The van der Waals surface area contributed by atoms with E-state index in [9.17, 15) is 4.79 Å². The molecule has 0 saturated carbocycles. The third-order valence-electron chi connectivity index (χ3n) is 4.18. The van der Waals surface area contributed by atoms with Gasteiger partial charge in [0.1, 0.15) is 0 Å². The van der Waals surface area contributed by atoms with Crippen LogP contribution >= 0.6 is 0 Å². The molecule has 0 unspecified atom stereocenters. The standard InChI is InChI=1S/C18H24N4O2/c1-2-24-17-5-3-11-21(14-17)18(23)20-16-8-6-15(7-9-16)13-22-12-4-10-19-22/h4,6-10,12,17H,2-3,5,11,13-14H2,1H3,(H,20,23)/t17-/m1/s1. The van der Waals surface area contributed by atoms with Crippen molar-refractivity contribution >= 4 is 11.7 Å². The van der Waals surface area contributed by atoms with Crippen molar-refractivity contribution in [1.29, 1.82) is 0 Å². The fraction of sp³-hybridized carbons (Fsp3) is 0.444. The molecule has 6 heteroatoms. The topological polar surface area (TPSA) is 59.4 Å². The number of hydrogen-bond donors (Lipinski definition) is 1. The maximum Gasteiger partial charge on any atom is 0.321 e. The Morgan fingerprint density at radius 1 is 1.38 bits per heavy atom. The smallest absolute Gasteiger partial charge is 0.321 e. The SMILES string of the molecule is CCO[C@@H]1CCCN(C(=O)Nc2ccc(Cn3cccn3)cc2)C1. The van der Waals surface area contributed by atoms with Gasteiger partial charge < -0.3 is 15.0 Å². The molecule has 1 aliphatic rings. The van der Waals surface area contributed by atoms with Gasteiger partial charge in [-0.15, -0.1) is 0 Å². The molecule has 2 amide bonds. The number of piperidine rings is 1. The molecule has 128 valence electrons. The second kappa shape index (κ2) is 7.97. The van der Waals surface area contributed by atoms with Crippen molar-refractivity contribution in [1.82, 2.24) is 14.7 Å². The lowest BCUT2D eigenvalue weighted by Crippen LogP contribution is -2.45. The highest BCUT2D eigenvalue weighted by molar-refractivity contribution is 5.89. The number of nitrogens with one attached hydrogen (secondary N) is 1. The summed E-state index contributed by atoms with van der Waals surface area (Å²) in [4.78, 5) is 14.2. The molecule has 0 bridgehead atoms. The molecule has 2 aromatic rings. The van der Waals surface area contributed by atoms with Gasteiger partial charge in [0.05, 0.1) is 12.6 Å². The Morgan fingerprint density at radius 3 is 2.92 bits per heavy atom. The summed E-state index contributed by atoms with van der Waals surface area (Å²) in [6, 6.07) is 9.73. The molecule has 6 nitrogen and oxygen atoms in total. The lowest BCUT2D eigenvalue weighted by molar-refractivity contribution is 0.0181. The summed E-state index contributed by atoms with van der Waals surface area (Å²) >= 11 is 0. The number of urea groups is 1. The van der Waals surface area contributed by atoms with E-state index in [1.165, 1.54) is 0 Å². The second-order valence-corrected chi connectivity index (χ2v) is 6.00. The van der Waals surface area contributed by atoms with Gasteiger partial charge in [-0.05, 0) is 43.5 Å². The fourth-order valence-corrected chi connectivity index (χ4v) is 2.97. The van der Waals surface area contributed by atoms with E-state index in [2.05, 4.69) is 10.4 Å². The summed E-state index contributed by atoms with van der Waals surface area (Å²) in [5.41, 5.74) is 1.95. The molecule has 24 heavy (non-hydrogen) atoms. The maximum absolute atomic E-state index is 12.4. The van der Waals surface area contributed by atoms with Gasteiger partial charge in [0, 0.05) is 37.8 Å². The Labute approximate surface area is 142 Å². The van der Waals surface area contributed by atoms with E-state index in [1.54, 1.807) is 6.20 Å². The van der Waals surface area contributed by atoms with Gasteiger partial charge in [-0.3, -0.25) is 4.68 Å². The van der Waals surface area contributed by atoms with E-state index in [4.69, 9.17) is 4.74 Å². The van der Waals surface area contributed by atoms with Gasteiger partial charge in [0.15, 0.2) is 0 Å². The maximum atomic E-state index is 12.4. The van der Waals surface area contributed by atoms with Crippen LogP contribution in [-0.2, 0) is 11.3 Å². The molecule has 3 rings (SSSR count). The van der Waals surface area contributed by atoms with E-state index < -0.39 is 0 Å². The van der Waals surface area contributed by atoms with Crippen LogP contribution in [0.5, 0.6) is 0 Å². The molecule has 2 heterocycles. The zero-order valence-electron chi connectivity index (χ0n) is 14.0. The molecule has 1 fully saturated rings. The summed E-state index contributed by atoms with van der Waals surface area (Å²) in [5, 5.41) is 7.16.